The quantitative estimate of drug-likeness (QED) is 0.861. The van der Waals surface area contributed by atoms with Crippen LogP contribution in [0.1, 0.15) is 30.9 Å². The van der Waals surface area contributed by atoms with Gasteiger partial charge in [-0.3, -0.25) is 0 Å². The molecule has 0 bridgehead atoms. The van der Waals surface area contributed by atoms with Crippen molar-refractivity contribution < 1.29 is 4.39 Å². The van der Waals surface area contributed by atoms with Gasteiger partial charge in [0.25, 0.3) is 0 Å². The second kappa shape index (κ2) is 4.04. The molecule has 4 rings (SSSR count). The first kappa shape index (κ1) is 11.4. The number of benzene rings is 2. The van der Waals surface area contributed by atoms with E-state index < -0.39 is 0 Å². The smallest absolute Gasteiger partial charge is 0.131 e. The van der Waals surface area contributed by atoms with Crippen LogP contribution in [-0.4, -0.2) is 0 Å². The highest BCUT2D eigenvalue weighted by Gasteiger charge is 2.47. The molecule has 2 fully saturated rings. The third kappa shape index (κ3) is 1.78. The lowest BCUT2D eigenvalue weighted by atomic mass is 9.87. The average molecular weight is 255 g/mol. The summed E-state index contributed by atoms with van der Waals surface area (Å²) in [6.07, 6.45) is 3.93. The molecule has 1 nitrogen and oxygen atoms in total. The summed E-state index contributed by atoms with van der Waals surface area (Å²) in [5.74, 6) is 2.30. The van der Waals surface area contributed by atoms with E-state index in [0.717, 1.165) is 22.8 Å². The molecule has 0 radical (unpaired) electrons. The Morgan fingerprint density at radius 3 is 2.37 bits per heavy atom. The molecular weight excluding hydrogens is 237 g/mol. The largest absolute Gasteiger partial charge is 0.324 e. The predicted molar refractivity (Wildman–Crippen MR) is 75.2 cm³/mol. The molecule has 19 heavy (non-hydrogen) atoms. The third-order valence-electron chi connectivity index (χ3n) is 5.05. The molecule has 0 heterocycles. The zero-order valence-electron chi connectivity index (χ0n) is 10.9. The van der Waals surface area contributed by atoms with Crippen LogP contribution >= 0.6 is 0 Å². The standard InChI is InChI=1S/C17H18FN/c18-16-6-5-15(13-3-1-2-4-14(13)16)17(19)12-8-10-7-11(10)9-12/h1-6,10-12,17H,7-9,19H2. The van der Waals surface area contributed by atoms with Crippen molar-refractivity contribution >= 4 is 10.8 Å². The SMILES string of the molecule is NC(c1ccc(F)c2ccccc12)C1CC2CC2C1. The minimum atomic E-state index is -0.152. The number of halogens is 1. The highest BCUT2D eigenvalue weighted by Crippen LogP contribution is 2.57. The maximum atomic E-state index is 13.8. The first-order valence-corrected chi connectivity index (χ1v) is 7.17. The molecule has 3 unspecified atom stereocenters. The van der Waals surface area contributed by atoms with Crippen LogP contribution in [0.15, 0.2) is 36.4 Å². The highest BCUT2D eigenvalue weighted by molar-refractivity contribution is 5.86. The molecule has 0 spiro atoms. The van der Waals surface area contributed by atoms with Gasteiger partial charge in [0.1, 0.15) is 5.82 Å². The van der Waals surface area contributed by atoms with Gasteiger partial charge >= 0.3 is 0 Å². The summed E-state index contributed by atoms with van der Waals surface area (Å²) in [5.41, 5.74) is 7.59. The van der Waals surface area contributed by atoms with Crippen LogP contribution in [0.2, 0.25) is 0 Å². The molecule has 2 aromatic rings. The van der Waals surface area contributed by atoms with Gasteiger partial charge in [-0.2, -0.15) is 0 Å². The Morgan fingerprint density at radius 2 is 1.63 bits per heavy atom. The number of nitrogens with two attached hydrogens (primary N) is 1. The molecule has 2 aliphatic rings. The molecule has 2 aliphatic carbocycles. The number of hydrogen-bond acceptors (Lipinski definition) is 1. The van der Waals surface area contributed by atoms with E-state index in [1.165, 1.54) is 19.3 Å². The van der Waals surface area contributed by atoms with Crippen LogP contribution < -0.4 is 5.73 Å². The van der Waals surface area contributed by atoms with E-state index >= 15 is 0 Å². The molecule has 2 heteroatoms. The molecule has 0 saturated heterocycles. The van der Waals surface area contributed by atoms with Gasteiger partial charge in [-0.1, -0.05) is 30.3 Å². The maximum absolute atomic E-state index is 13.8. The van der Waals surface area contributed by atoms with Gasteiger partial charge in [-0.25, -0.2) is 4.39 Å². The van der Waals surface area contributed by atoms with Crippen molar-refractivity contribution in [3.8, 4) is 0 Å². The van der Waals surface area contributed by atoms with Gasteiger partial charge < -0.3 is 5.73 Å². The molecule has 2 saturated carbocycles. The topological polar surface area (TPSA) is 26.0 Å². The van der Waals surface area contributed by atoms with Crippen LogP contribution in [0, 0.1) is 23.6 Å². The zero-order chi connectivity index (χ0) is 13.0. The second-order valence-corrected chi connectivity index (χ2v) is 6.20. The molecule has 0 amide bonds. The first-order valence-electron chi connectivity index (χ1n) is 7.17. The lowest BCUT2D eigenvalue weighted by Crippen LogP contribution is -2.20. The summed E-state index contributed by atoms with van der Waals surface area (Å²) in [7, 11) is 0. The van der Waals surface area contributed by atoms with Gasteiger partial charge in [-0.15, -0.1) is 0 Å². The van der Waals surface area contributed by atoms with Gasteiger partial charge in [0.05, 0.1) is 0 Å². The zero-order valence-corrected chi connectivity index (χ0v) is 10.9. The Labute approximate surface area is 112 Å². The van der Waals surface area contributed by atoms with Crippen LogP contribution in [0.25, 0.3) is 10.8 Å². The van der Waals surface area contributed by atoms with E-state index in [0.29, 0.717) is 11.3 Å². The summed E-state index contributed by atoms with van der Waals surface area (Å²) >= 11 is 0. The van der Waals surface area contributed by atoms with Gasteiger partial charge in [0.2, 0.25) is 0 Å². The van der Waals surface area contributed by atoms with Gasteiger partial charge in [-0.05, 0) is 54.0 Å². The third-order valence-corrected chi connectivity index (χ3v) is 5.05. The molecular formula is C17H18FN. The van der Waals surface area contributed by atoms with Gasteiger partial charge in [0.15, 0.2) is 0 Å². The Balaban J connectivity index is 1.76. The van der Waals surface area contributed by atoms with E-state index in [1.807, 2.05) is 30.3 Å². The number of fused-ring (bicyclic) bond motifs is 2. The second-order valence-electron chi connectivity index (χ2n) is 6.20. The van der Waals surface area contributed by atoms with Crippen molar-refractivity contribution in [1.29, 1.82) is 0 Å². The summed E-state index contributed by atoms with van der Waals surface area (Å²) in [6, 6.07) is 11.2. The first-order chi connectivity index (χ1) is 9.24. The summed E-state index contributed by atoms with van der Waals surface area (Å²) < 4.78 is 13.8. The minimum absolute atomic E-state index is 0.0540. The fourth-order valence-electron chi connectivity index (χ4n) is 3.89. The van der Waals surface area contributed by atoms with Crippen molar-refractivity contribution in [3.05, 3.63) is 47.8 Å². The summed E-state index contributed by atoms with van der Waals surface area (Å²) in [5, 5.41) is 1.68. The van der Waals surface area contributed by atoms with Gasteiger partial charge in [0, 0.05) is 11.4 Å². The van der Waals surface area contributed by atoms with Crippen LogP contribution in [-0.2, 0) is 0 Å². The number of hydrogen-bond donors (Lipinski definition) is 1. The van der Waals surface area contributed by atoms with Crippen molar-refractivity contribution in [2.45, 2.75) is 25.3 Å². The van der Waals surface area contributed by atoms with E-state index in [1.54, 1.807) is 6.07 Å². The van der Waals surface area contributed by atoms with E-state index in [9.17, 15) is 4.39 Å². The number of rotatable bonds is 2. The highest BCUT2D eigenvalue weighted by atomic mass is 19.1. The predicted octanol–water partition coefficient (Wildman–Crippen LogP) is 4.02. The van der Waals surface area contributed by atoms with E-state index in [2.05, 4.69) is 0 Å². The summed E-state index contributed by atoms with van der Waals surface area (Å²) in [4.78, 5) is 0. The Bertz CT molecular complexity index is 626. The van der Waals surface area contributed by atoms with Crippen molar-refractivity contribution in [2.24, 2.45) is 23.5 Å². The molecule has 0 aliphatic heterocycles. The Hall–Kier alpha value is -1.41. The average Bonchev–Trinajstić information content (AvgIpc) is 3.05. The molecule has 2 aromatic carbocycles. The van der Waals surface area contributed by atoms with Crippen molar-refractivity contribution in [3.63, 3.8) is 0 Å². The van der Waals surface area contributed by atoms with Crippen molar-refractivity contribution in [2.75, 3.05) is 0 Å². The minimum Gasteiger partial charge on any atom is -0.324 e. The van der Waals surface area contributed by atoms with E-state index in [4.69, 9.17) is 5.73 Å². The molecule has 3 atom stereocenters. The van der Waals surface area contributed by atoms with Crippen molar-refractivity contribution in [1.82, 2.24) is 0 Å². The fourth-order valence-corrected chi connectivity index (χ4v) is 3.89. The van der Waals surface area contributed by atoms with Crippen LogP contribution in [0.3, 0.4) is 0 Å². The molecule has 2 N–H and O–H groups in total. The lowest BCUT2D eigenvalue weighted by Gasteiger charge is -2.22. The lowest BCUT2D eigenvalue weighted by molar-refractivity contribution is 0.405. The van der Waals surface area contributed by atoms with E-state index in [-0.39, 0.29) is 11.9 Å². The Kier molecular flexibility index (Phi) is 2.43. The fraction of sp³-hybridized carbons (Fsp3) is 0.412. The molecule has 0 aromatic heterocycles. The summed E-state index contributed by atoms with van der Waals surface area (Å²) in [6.45, 7) is 0. The van der Waals surface area contributed by atoms with Crippen LogP contribution in [0.5, 0.6) is 0 Å². The van der Waals surface area contributed by atoms with Crippen LogP contribution in [0.4, 0.5) is 4.39 Å². The maximum Gasteiger partial charge on any atom is 0.131 e. The molecule has 98 valence electrons. The monoisotopic (exact) mass is 255 g/mol. The Morgan fingerprint density at radius 1 is 0.947 bits per heavy atom. The normalized spacial score (nSPS) is 30.3.